The zero-order chi connectivity index (χ0) is 15.0. The zero-order valence-corrected chi connectivity index (χ0v) is 14.3. The molecule has 0 spiro atoms. The van der Waals surface area contributed by atoms with Crippen LogP contribution in [-0.2, 0) is 11.2 Å². The lowest BCUT2D eigenvalue weighted by Gasteiger charge is -2.30. The zero-order valence-electron chi connectivity index (χ0n) is 13.4. The van der Waals surface area contributed by atoms with Crippen LogP contribution in [0.15, 0.2) is 12.1 Å². The number of amides is 1. The Morgan fingerprint density at radius 1 is 1.32 bits per heavy atom. The van der Waals surface area contributed by atoms with E-state index >= 15 is 0 Å². The SMILES string of the molecule is Cc1cc2c(cc1C)OC(C(=O)NC1CNCCC1C)C2.Cl. The average molecular weight is 325 g/mol. The van der Waals surface area contributed by atoms with Gasteiger partial charge in [0.25, 0.3) is 5.91 Å². The Morgan fingerprint density at radius 3 is 2.77 bits per heavy atom. The summed E-state index contributed by atoms with van der Waals surface area (Å²) in [5.41, 5.74) is 3.61. The van der Waals surface area contributed by atoms with Crippen LogP contribution in [0.25, 0.3) is 0 Å². The Labute approximate surface area is 138 Å². The van der Waals surface area contributed by atoms with Gasteiger partial charge < -0.3 is 15.4 Å². The van der Waals surface area contributed by atoms with Gasteiger partial charge in [-0.3, -0.25) is 4.79 Å². The minimum Gasteiger partial charge on any atom is -0.480 e. The molecule has 1 aromatic rings. The summed E-state index contributed by atoms with van der Waals surface area (Å²) in [4.78, 5) is 12.4. The van der Waals surface area contributed by atoms with Crippen LogP contribution in [0.2, 0.25) is 0 Å². The van der Waals surface area contributed by atoms with Crippen molar-refractivity contribution in [3.63, 3.8) is 0 Å². The van der Waals surface area contributed by atoms with Crippen LogP contribution in [0.1, 0.15) is 30.0 Å². The topological polar surface area (TPSA) is 50.4 Å². The van der Waals surface area contributed by atoms with Crippen molar-refractivity contribution in [1.82, 2.24) is 10.6 Å². The molecular weight excluding hydrogens is 300 g/mol. The quantitative estimate of drug-likeness (QED) is 0.876. The molecule has 2 aliphatic heterocycles. The number of piperidine rings is 1. The molecular formula is C17H25ClN2O2. The van der Waals surface area contributed by atoms with Gasteiger partial charge in [0, 0.05) is 19.0 Å². The molecule has 122 valence electrons. The fourth-order valence-corrected chi connectivity index (χ4v) is 3.12. The number of fused-ring (bicyclic) bond motifs is 1. The van der Waals surface area contributed by atoms with Gasteiger partial charge in [-0.2, -0.15) is 0 Å². The van der Waals surface area contributed by atoms with E-state index < -0.39 is 0 Å². The van der Waals surface area contributed by atoms with E-state index in [1.165, 1.54) is 11.1 Å². The standard InChI is InChI=1S/C17H24N2O2.ClH/c1-10-4-5-18-9-14(10)19-17(20)16-8-13-6-11(2)12(3)7-15(13)21-16;/h6-7,10,14,16,18H,4-5,8-9H2,1-3H3,(H,19,20);1H. The molecule has 3 atom stereocenters. The fraction of sp³-hybridized carbons (Fsp3) is 0.588. The predicted molar refractivity (Wildman–Crippen MR) is 89.9 cm³/mol. The van der Waals surface area contributed by atoms with Crippen molar-refractivity contribution >= 4 is 18.3 Å². The molecule has 4 nitrogen and oxygen atoms in total. The molecule has 2 heterocycles. The van der Waals surface area contributed by atoms with Gasteiger partial charge in [0.05, 0.1) is 0 Å². The van der Waals surface area contributed by atoms with Crippen molar-refractivity contribution < 1.29 is 9.53 Å². The lowest BCUT2D eigenvalue weighted by molar-refractivity contribution is -0.128. The van der Waals surface area contributed by atoms with Crippen molar-refractivity contribution in [3.05, 3.63) is 28.8 Å². The van der Waals surface area contributed by atoms with E-state index in [9.17, 15) is 4.79 Å². The smallest absolute Gasteiger partial charge is 0.261 e. The monoisotopic (exact) mass is 324 g/mol. The first-order chi connectivity index (χ1) is 10.0. The minimum atomic E-state index is -0.379. The third-order valence-electron chi connectivity index (χ3n) is 4.80. The second-order valence-corrected chi connectivity index (χ2v) is 6.44. The Bertz CT molecular complexity index is 531. The van der Waals surface area contributed by atoms with Gasteiger partial charge >= 0.3 is 0 Å². The van der Waals surface area contributed by atoms with Gasteiger partial charge in [0.2, 0.25) is 0 Å². The highest BCUT2D eigenvalue weighted by Gasteiger charge is 2.32. The maximum atomic E-state index is 12.4. The maximum absolute atomic E-state index is 12.4. The molecule has 0 saturated carbocycles. The number of hydrogen-bond donors (Lipinski definition) is 2. The van der Waals surface area contributed by atoms with Crippen molar-refractivity contribution in [2.45, 2.75) is 45.8 Å². The molecule has 2 N–H and O–H groups in total. The molecule has 0 aromatic heterocycles. The molecule has 1 amide bonds. The van der Waals surface area contributed by atoms with E-state index in [0.29, 0.717) is 12.3 Å². The van der Waals surface area contributed by atoms with E-state index in [2.05, 4.69) is 37.5 Å². The van der Waals surface area contributed by atoms with E-state index in [0.717, 1.165) is 30.8 Å². The van der Waals surface area contributed by atoms with Gasteiger partial charge in [-0.25, -0.2) is 0 Å². The lowest BCUT2D eigenvalue weighted by Crippen LogP contribution is -2.53. The van der Waals surface area contributed by atoms with Crippen LogP contribution >= 0.6 is 12.4 Å². The summed E-state index contributed by atoms with van der Waals surface area (Å²) in [6.07, 6.45) is 1.40. The molecule has 22 heavy (non-hydrogen) atoms. The van der Waals surface area contributed by atoms with Crippen LogP contribution in [0.3, 0.4) is 0 Å². The van der Waals surface area contributed by atoms with Crippen LogP contribution in [-0.4, -0.2) is 31.1 Å². The number of carbonyl (C=O) groups excluding carboxylic acids is 1. The highest BCUT2D eigenvalue weighted by molar-refractivity contribution is 5.85. The summed E-state index contributed by atoms with van der Waals surface area (Å²) in [6.45, 7) is 8.26. The molecule has 5 heteroatoms. The van der Waals surface area contributed by atoms with Gasteiger partial charge in [-0.15, -0.1) is 12.4 Å². The number of carbonyl (C=O) groups is 1. The summed E-state index contributed by atoms with van der Waals surface area (Å²) in [6, 6.07) is 4.40. The summed E-state index contributed by atoms with van der Waals surface area (Å²) in [5.74, 6) is 1.40. The normalized spacial score (nSPS) is 26.6. The van der Waals surface area contributed by atoms with Crippen molar-refractivity contribution in [1.29, 1.82) is 0 Å². The number of halogens is 1. The molecule has 2 aliphatic rings. The molecule has 0 radical (unpaired) electrons. The predicted octanol–water partition coefficient (Wildman–Crippen LogP) is 2.14. The van der Waals surface area contributed by atoms with Gasteiger partial charge in [-0.1, -0.05) is 13.0 Å². The van der Waals surface area contributed by atoms with E-state index in [1.54, 1.807) is 0 Å². The van der Waals surface area contributed by atoms with Crippen LogP contribution < -0.4 is 15.4 Å². The number of rotatable bonds is 2. The second-order valence-electron chi connectivity index (χ2n) is 6.44. The lowest BCUT2D eigenvalue weighted by atomic mass is 9.94. The van der Waals surface area contributed by atoms with Crippen LogP contribution in [0, 0.1) is 19.8 Å². The van der Waals surface area contributed by atoms with Crippen molar-refractivity contribution in [3.8, 4) is 5.75 Å². The van der Waals surface area contributed by atoms with E-state index in [1.807, 2.05) is 6.07 Å². The number of benzene rings is 1. The molecule has 1 saturated heterocycles. The molecule has 0 aliphatic carbocycles. The first-order valence-electron chi connectivity index (χ1n) is 7.82. The Morgan fingerprint density at radius 2 is 2.05 bits per heavy atom. The van der Waals surface area contributed by atoms with Gasteiger partial charge in [0.15, 0.2) is 6.10 Å². The highest BCUT2D eigenvalue weighted by atomic mass is 35.5. The Hall–Kier alpha value is -1.26. The first kappa shape index (κ1) is 17.1. The number of nitrogens with one attached hydrogen (secondary N) is 2. The van der Waals surface area contributed by atoms with Crippen LogP contribution in [0.5, 0.6) is 5.75 Å². The highest BCUT2D eigenvalue weighted by Crippen LogP contribution is 2.31. The van der Waals surface area contributed by atoms with Crippen molar-refractivity contribution in [2.24, 2.45) is 5.92 Å². The second kappa shape index (κ2) is 6.88. The number of hydrogen-bond acceptors (Lipinski definition) is 3. The average Bonchev–Trinajstić information content (AvgIpc) is 2.85. The molecule has 0 bridgehead atoms. The summed E-state index contributed by atoms with van der Waals surface area (Å²) in [5, 5.41) is 6.49. The molecule has 1 fully saturated rings. The maximum Gasteiger partial charge on any atom is 0.261 e. The summed E-state index contributed by atoms with van der Waals surface area (Å²) >= 11 is 0. The minimum absolute atomic E-state index is 0. The Kier molecular flexibility index (Phi) is 5.35. The summed E-state index contributed by atoms with van der Waals surface area (Å²) < 4.78 is 5.85. The van der Waals surface area contributed by atoms with E-state index in [-0.39, 0.29) is 30.5 Å². The number of ether oxygens (including phenoxy) is 1. The van der Waals surface area contributed by atoms with Gasteiger partial charge in [-0.05, 0) is 55.5 Å². The fourth-order valence-electron chi connectivity index (χ4n) is 3.12. The van der Waals surface area contributed by atoms with E-state index in [4.69, 9.17) is 4.74 Å². The third-order valence-corrected chi connectivity index (χ3v) is 4.80. The van der Waals surface area contributed by atoms with Gasteiger partial charge in [0.1, 0.15) is 5.75 Å². The molecule has 1 aromatic carbocycles. The molecule has 3 unspecified atom stereocenters. The molecule has 3 rings (SSSR count). The first-order valence-corrected chi connectivity index (χ1v) is 7.82. The third kappa shape index (κ3) is 3.39. The number of aryl methyl sites for hydroxylation is 2. The summed E-state index contributed by atoms with van der Waals surface area (Å²) in [7, 11) is 0. The van der Waals surface area contributed by atoms with Crippen LogP contribution in [0.4, 0.5) is 0 Å². The van der Waals surface area contributed by atoms with Crippen molar-refractivity contribution in [2.75, 3.05) is 13.1 Å². The Balaban J connectivity index is 0.00000176. The largest absolute Gasteiger partial charge is 0.480 e.